The zero-order valence-corrected chi connectivity index (χ0v) is 10.2. The smallest absolute Gasteiger partial charge is 0.0425 e. The van der Waals surface area contributed by atoms with E-state index in [1.165, 1.54) is 11.3 Å². The minimum absolute atomic E-state index is 0.194. The van der Waals surface area contributed by atoms with Gasteiger partial charge < -0.3 is 10.6 Å². The van der Waals surface area contributed by atoms with E-state index in [2.05, 4.69) is 57.1 Å². The predicted molar refractivity (Wildman–Crippen MR) is 67.2 cm³/mol. The normalized spacial score (nSPS) is 11.5. The molecule has 84 valence electrons. The van der Waals surface area contributed by atoms with Gasteiger partial charge in [-0.2, -0.15) is 0 Å². The van der Waals surface area contributed by atoms with Crippen molar-refractivity contribution in [2.75, 3.05) is 19.0 Å². The molecular weight excluding hydrogens is 184 g/mol. The average molecular weight is 206 g/mol. The van der Waals surface area contributed by atoms with Gasteiger partial charge in [0, 0.05) is 25.3 Å². The first-order chi connectivity index (χ1) is 7.05. The third-order valence-electron chi connectivity index (χ3n) is 3.18. The van der Waals surface area contributed by atoms with Gasteiger partial charge in [0.05, 0.1) is 0 Å². The molecule has 0 unspecified atom stereocenters. The molecule has 2 heteroatoms. The van der Waals surface area contributed by atoms with Gasteiger partial charge in [-0.05, 0) is 24.5 Å². The standard InChI is InChI=1S/C13H22N2/c1-5-13(14,6-2)11-9-7-8-10-12(11)15(3)4/h7-10H,5-6,14H2,1-4H3. The zero-order chi connectivity index (χ0) is 11.5. The number of anilines is 1. The van der Waals surface area contributed by atoms with Crippen LogP contribution in [0, 0.1) is 0 Å². The Balaban J connectivity index is 3.23. The van der Waals surface area contributed by atoms with Gasteiger partial charge in [0.25, 0.3) is 0 Å². The molecule has 0 fully saturated rings. The summed E-state index contributed by atoms with van der Waals surface area (Å²) in [5.41, 5.74) is 8.71. The van der Waals surface area contributed by atoms with E-state index >= 15 is 0 Å². The number of para-hydroxylation sites is 1. The van der Waals surface area contributed by atoms with Crippen molar-refractivity contribution in [1.29, 1.82) is 0 Å². The molecule has 0 radical (unpaired) electrons. The maximum atomic E-state index is 6.43. The van der Waals surface area contributed by atoms with Crippen LogP contribution in [0.25, 0.3) is 0 Å². The van der Waals surface area contributed by atoms with Gasteiger partial charge in [-0.15, -0.1) is 0 Å². The molecule has 0 spiro atoms. The van der Waals surface area contributed by atoms with E-state index in [1.54, 1.807) is 0 Å². The highest BCUT2D eigenvalue weighted by Gasteiger charge is 2.25. The van der Waals surface area contributed by atoms with Crippen molar-refractivity contribution in [3.63, 3.8) is 0 Å². The summed E-state index contributed by atoms with van der Waals surface area (Å²) < 4.78 is 0. The summed E-state index contributed by atoms with van der Waals surface area (Å²) in [6, 6.07) is 8.39. The van der Waals surface area contributed by atoms with Crippen LogP contribution in [0.4, 0.5) is 5.69 Å². The largest absolute Gasteiger partial charge is 0.377 e. The predicted octanol–water partition coefficient (Wildman–Crippen LogP) is 2.73. The van der Waals surface area contributed by atoms with Crippen molar-refractivity contribution >= 4 is 5.69 Å². The molecule has 0 bridgehead atoms. The summed E-state index contributed by atoms with van der Waals surface area (Å²) in [5.74, 6) is 0. The third-order valence-corrected chi connectivity index (χ3v) is 3.18. The Morgan fingerprint density at radius 1 is 1.13 bits per heavy atom. The van der Waals surface area contributed by atoms with Crippen LogP contribution in [-0.4, -0.2) is 14.1 Å². The van der Waals surface area contributed by atoms with E-state index < -0.39 is 0 Å². The van der Waals surface area contributed by atoms with Gasteiger partial charge in [0.1, 0.15) is 0 Å². The second-order valence-corrected chi connectivity index (χ2v) is 4.27. The van der Waals surface area contributed by atoms with Crippen LogP contribution in [-0.2, 0) is 5.54 Å². The van der Waals surface area contributed by atoms with Crippen LogP contribution in [0.2, 0.25) is 0 Å². The SMILES string of the molecule is CCC(N)(CC)c1ccccc1N(C)C. The molecule has 1 aromatic rings. The first kappa shape index (κ1) is 12.1. The molecule has 2 N–H and O–H groups in total. The lowest BCUT2D eigenvalue weighted by Crippen LogP contribution is -2.36. The van der Waals surface area contributed by atoms with Crippen molar-refractivity contribution in [2.45, 2.75) is 32.2 Å². The monoisotopic (exact) mass is 206 g/mol. The number of benzene rings is 1. The molecule has 0 saturated carbocycles. The molecule has 0 atom stereocenters. The van der Waals surface area contributed by atoms with Crippen LogP contribution >= 0.6 is 0 Å². The Morgan fingerprint density at radius 2 is 1.67 bits per heavy atom. The van der Waals surface area contributed by atoms with E-state index in [9.17, 15) is 0 Å². The average Bonchev–Trinajstić information content (AvgIpc) is 2.28. The molecule has 0 aliphatic heterocycles. The highest BCUT2D eigenvalue weighted by molar-refractivity contribution is 5.55. The highest BCUT2D eigenvalue weighted by Crippen LogP contribution is 2.32. The van der Waals surface area contributed by atoms with Gasteiger partial charge >= 0.3 is 0 Å². The molecule has 0 aromatic heterocycles. The Bertz CT molecular complexity index is 314. The van der Waals surface area contributed by atoms with Crippen molar-refractivity contribution in [3.8, 4) is 0 Å². The second kappa shape index (κ2) is 4.67. The van der Waals surface area contributed by atoms with Crippen LogP contribution in [0.5, 0.6) is 0 Å². The second-order valence-electron chi connectivity index (χ2n) is 4.27. The Kier molecular flexibility index (Phi) is 3.75. The quantitative estimate of drug-likeness (QED) is 0.820. The molecule has 2 nitrogen and oxygen atoms in total. The molecule has 0 amide bonds. The molecule has 0 aliphatic rings. The maximum Gasteiger partial charge on any atom is 0.0425 e. The molecular formula is C13H22N2. The number of rotatable bonds is 4. The molecule has 15 heavy (non-hydrogen) atoms. The van der Waals surface area contributed by atoms with Crippen molar-refractivity contribution < 1.29 is 0 Å². The van der Waals surface area contributed by atoms with Gasteiger partial charge in [-0.25, -0.2) is 0 Å². The highest BCUT2D eigenvalue weighted by atomic mass is 15.1. The number of hydrogen-bond acceptors (Lipinski definition) is 2. The molecule has 0 aliphatic carbocycles. The Morgan fingerprint density at radius 3 is 2.13 bits per heavy atom. The lowest BCUT2D eigenvalue weighted by atomic mass is 9.84. The fourth-order valence-electron chi connectivity index (χ4n) is 1.92. The van der Waals surface area contributed by atoms with Crippen LogP contribution < -0.4 is 10.6 Å². The van der Waals surface area contributed by atoms with Gasteiger partial charge in [0.15, 0.2) is 0 Å². The number of nitrogens with two attached hydrogens (primary N) is 1. The maximum absolute atomic E-state index is 6.43. The fourth-order valence-corrected chi connectivity index (χ4v) is 1.92. The summed E-state index contributed by atoms with van der Waals surface area (Å²) in [7, 11) is 4.12. The van der Waals surface area contributed by atoms with Crippen LogP contribution in [0.3, 0.4) is 0 Å². The first-order valence-electron chi connectivity index (χ1n) is 5.61. The third kappa shape index (κ3) is 2.32. The Hall–Kier alpha value is -1.02. The van der Waals surface area contributed by atoms with Crippen molar-refractivity contribution in [1.82, 2.24) is 0 Å². The number of hydrogen-bond donors (Lipinski definition) is 1. The lowest BCUT2D eigenvalue weighted by molar-refractivity contribution is 0.413. The topological polar surface area (TPSA) is 29.3 Å². The van der Waals surface area contributed by atoms with Gasteiger partial charge in [-0.3, -0.25) is 0 Å². The van der Waals surface area contributed by atoms with E-state index in [0.29, 0.717) is 0 Å². The van der Waals surface area contributed by atoms with Crippen LogP contribution in [0.15, 0.2) is 24.3 Å². The summed E-state index contributed by atoms with van der Waals surface area (Å²) in [5, 5.41) is 0. The first-order valence-corrected chi connectivity index (χ1v) is 5.61. The van der Waals surface area contributed by atoms with Gasteiger partial charge in [0.2, 0.25) is 0 Å². The molecule has 0 saturated heterocycles. The van der Waals surface area contributed by atoms with Crippen LogP contribution in [0.1, 0.15) is 32.3 Å². The van der Waals surface area contributed by atoms with E-state index in [0.717, 1.165) is 12.8 Å². The molecule has 0 heterocycles. The van der Waals surface area contributed by atoms with E-state index in [-0.39, 0.29) is 5.54 Å². The van der Waals surface area contributed by atoms with Crippen molar-refractivity contribution in [2.24, 2.45) is 5.73 Å². The zero-order valence-electron chi connectivity index (χ0n) is 10.2. The summed E-state index contributed by atoms with van der Waals surface area (Å²) >= 11 is 0. The van der Waals surface area contributed by atoms with Crippen molar-refractivity contribution in [3.05, 3.63) is 29.8 Å². The summed E-state index contributed by atoms with van der Waals surface area (Å²) in [6.45, 7) is 4.30. The lowest BCUT2D eigenvalue weighted by Gasteiger charge is -2.31. The molecule has 1 aromatic carbocycles. The summed E-state index contributed by atoms with van der Waals surface area (Å²) in [4.78, 5) is 2.13. The fraction of sp³-hybridized carbons (Fsp3) is 0.538. The van der Waals surface area contributed by atoms with E-state index in [1.807, 2.05) is 0 Å². The summed E-state index contributed by atoms with van der Waals surface area (Å²) in [6.07, 6.45) is 1.93. The van der Waals surface area contributed by atoms with Gasteiger partial charge in [-0.1, -0.05) is 32.0 Å². The Labute approximate surface area is 93.1 Å². The minimum Gasteiger partial charge on any atom is -0.377 e. The minimum atomic E-state index is -0.194. The molecule has 1 rings (SSSR count). The van der Waals surface area contributed by atoms with E-state index in [4.69, 9.17) is 5.73 Å². The number of nitrogens with zero attached hydrogens (tertiary/aromatic N) is 1.